The van der Waals surface area contributed by atoms with Gasteiger partial charge in [-0.3, -0.25) is 9.80 Å². The molecule has 1 unspecified atom stereocenters. The van der Waals surface area contributed by atoms with Crippen LogP contribution in [0.1, 0.15) is 26.2 Å². The molecule has 1 heterocycles. The molecule has 1 atom stereocenters. The van der Waals surface area contributed by atoms with Crippen LogP contribution in [0.4, 0.5) is 0 Å². The monoisotopic (exact) mass is 255 g/mol. The number of piperazine rings is 1. The fourth-order valence-corrected chi connectivity index (χ4v) is 2.76. The van der Waals surface area contributed by atoms with Crippen LogP contribution in [0.2, 0.25) is 0 Å². The van der Waals surface area contributed by atoms with Gasteiger partial charge in [0.2, 0.25) is 0 Å². The zero-order valence-electron chi connectivity index (χ0n) is 12.0. The third kappa shape index (κ3) is 4.50. The van der Waals surface area contributed by atoms with E-state index in [2.05, 4.69) is 22.0 Å². The van der Waals surface area contributed by atoms with E-state index in [1.807, 2.05) is 0 Å². The number of hydrogen-bond donors (Lipinski definition) is 1. The molecule has 0 aromatic heterocycles. The zero-order chi connectivity index (χ0) is 12.8. The lowest BCUT2D eigenvalue weighted by Crippen LogP contribution is -2.52. The Morgan fingerprint density at radius 3 is 2.56 bits per heavy atom. The first kappa shape index (κ1) is 14.3. The smallest absolute Gasteiger partial charge is 0.0474 e. The lowest BCUT2D eigenvalue weighted by atomic mass is 10.2. The van der Waals surface area contributed by atoms with Crippen LogP contribution in [0.5, 0.6) is 0 Å². The molecule has 1 saturated heterocycles. The first-order chi connectivity index (χ1) is 8.81. The molecular weight excluding hydrogens is 226 g/mol. The number of methoxy groups -OCH3 is 1. The number of ether oxygens (including phenoxy) is 1. The second kappa shape index (κ2) is 7.43. The average Bonchev–Trinajstić information content (AvgIpc) is 3.23. The van der Waals surface area contributed by atoms with Gasteiger partial charge in [0, 0.05) is 58.5 Å². The summed E-state index contributed by atoms with van der Waals surface area (Å²) in [6.45, 7) is 10.4. The standard InChI is InChI=1S/C14H29N3O/c1-13(12-15-6-3-11-18-2)16-7-9-17(10-8-16)14-4-5-14/h13-15H,3-12H2,1-2H3. The number of nitrogens with zero attached hydrogens (tertiary/aromatic N) is 2. The van der Waals surface area contributed by atoms with Gasteiger partial charge in [0.15, 0.2) is 0 Å². The van der Waals surface area contributed by atoms with Crippen molar-refractivity contribution in [2.24, 2.45) is 0 Å². The van der Waals surface area contributed by atoms with Crippen LogP contribution < -0.4 is 5.32 Å². The van der Waals surface area contributed by atoms with Gasteiger partial charge in [0.25, 0.3) is 0 Å². The highest BCUT2D eigenvalue weighted by Crippen LogP contribution is 2.27. The first-order valence-corrected chi connectivity index (χ1v) is 7.49. The van der Waals surface area contributed by atoms with E-state index in [1.165, 1.54) is 39.0 Å². The minimum absolute atomic E-state index is 0.661. The molecule has 1 aliphatic carbocycles. The Morgan fingerprint density at radius 1 is 1.22 bits per heavy atom. The summed E-state index contributed by atoms with van der Waals surface area (Å²) in [5, 5.41) is 3.53. The molecule has 0 amide bonds. The Balaban J connectivity index is 1.54. The SMILES string of the molecule is COCCCNCC(C)N1CCN(C2CC2)CC1. The topological polar surface area (TPSA) is 27.7 Å². The molecule has 0 spiro atoms. The van der Waals surface area contributed by atoms with Gasteiger partial charge >= 0.3 is 0 Å². The van der Waals surface area contributed by atoms with Gasteiger partial charge in [-0.1, -0.05) is 0 Å². The van der Waals surface area contributed by atoms with E-state index in [0.29, 0.717) is 6.04 Å². The van der Waals surface area contributed by atoms with Crippen molar-refractivity contribution in [2.45, 2.75) is 38.3 Å². The van der Waals surface area contributed by atoms with Gasteiger partial charge in [-0.15, -0.1) is 0 Å². The predicted molar refractivity (Wildman–Crippen MR) is 75.0 cm³/mol. The lowest BCUT2D eigenvalue weighted by Gasteiger charge is -2.38. The van der Waals surface area contributed by atoms with Crippen LogP contribution in [-0.4, -0.2) is 74.9 Å². The molecule has 4 heteroatoms. The zero-order valence-corrected chi connectivity index (χ0v) is 12.0. The molecule has 1 saturated carbocycles. The number of rotatable bonds is 8. The van der Waals surface area contributed by atoms with E-state index in [-0.39, 0.29) is 0 Å². The summed E-state index contributed by atoms with van der Waals surface area (Å²) in [5.41, 5.74) is 0. The summed E-state index contributed by atoms with van der Waals surface area (Å²) in [6.07, 6.45) is 3.99. The van der Waals surface area contributed by atoms with Crippen LogP contribution in [0.15, 0.2) is 0 Å². The second-order valence-corrected chi connectivity index (χ2v) is 5.70. The molecule has 2 rings (SSSR count). The largest absolute Gasteiger partial charge is 0.385 e. The third-order valence-electron chi connectivity index (χ3n) is 4.18. The average molecular weight is 255 g/mol. The van der Waals surface area contributed by atoms with E-state index in [0.717, 1.165) is 32.2 Å². The maximum absolute atomic E-state index is 5.05. The van der Waals surface area contributed by atoms with E-state index in [9.17, 15) is 0 Å². The van der Waals surface area contributed by atoms with Crippen molar-refractivity contribution in [1.29, 1.82) is 0 Å². The summed E-state index contributed by atoms with van der Waals surface area (Å²) in [6, 6.07) is 1.60. The van der Waals surface area contributed by atoms with Crippen LogP contribution in [0.25, 0.3) is 0 Å². The highest BCUT2D eigenvalue weighted by molar-refractivity contribution is 4.88. The van der Waals surface area contributed by atoms with Crippen molar-refractivity contribution in [2.75, 3.05) is 53.0 Å². The maximum Gasteiger partial charge on any atom is 0.0474 e. The van der Waals surface area contributed by atoms with Crippen molar-refractivity contribution in [3.05, 3.63) is 0 Å². The van der Waals surface area contributed by atoms with Gasteiger partial charge < -0.3 is 10.1 Å². The van der Waals surface area contributed by atoms with Crippen LogP contribution in [-0.2, 0) is 4.74 Å². The summed E-state index contributed by atoms with van der Waals surface area (Å²) in [4.78, 5) is 5.30. The summed E-state index contributed by atoms with van der Waals surface area (Å²) < 4.78 is 5.05. The molecule has 0 aromatic rings. The normalized spacial score (nSPS) is 24.3. The molecule has 2 aliphatic rings. The second-order valence-electron chi connectivity index (χ2n) is 5.70. The molecule has 106 valence electrons. The Hall–Kier alpha value is -0.160. The molecular formula is C14H29N3O. The minimum Gasteiger partial charge on any atom is -0.385 e. The van der Waals surface area contributed by atoms with Gasteiger partial charge in [-0.2, -0.15) is 0 Å². The van der Waals surface area contributed by atoms with Crippen LogP contribution in [0, 0.1) is 0 Å². The molecule has 18 heavy (non-hydrogen) atoms. The van der Waals surface area contributed by atoms with E-state index in [4.69, 9.17) is 4.74 Å². The molecule has 0 aromatic carbocycles. The molecule has 1 N–H and O–H groups in total. The Morgan fingerprint density at radius 2 is 1.94 bits per heavy atom. The van der Waals surface area contributed by atoms with Gasteiger partial charge in [0.1, 0.15) is 0 Å². The Kier molecular flexibility index (Phi) is 5.89. The molecule has 2 fully saturated rings. The van der Waals surface area contributed by atoms with E-state index < -0.39 is 0 Å². The number of hydrogen-bond acceptors (Lipinski definition) is 4. The quantitative estimate of drug-likeness (QED) is 0.649. The molecule has 0 bridgehead atoms. The summed E-state index contributed by atoms with van der Waals surface area (Å²) in [5.74, 6) is 0. The van der Waals surface area contributed by atoms with Crippen LogP contribution >= 0.6 is 0 Å². The molecule has 4 nitrogen and oxygen atoms in total. The Bertz CT molecular complexity index is 225. The van der Waals surface area contributed by atoms with Gasteiger partial charge in [-0.05, 0) is 32.7 Å². The highest BCUT2D eigenvalue weighted by Gasteiger charge is 2.31. The van der Waals surface area contributed by atoms with Gasteiger partial charge in [0.05, 0.1) is 0 Å². The van der Waals surface area contributed by atoms with Crippen molar-refractivity contribution >= 4 is 0 Å². The minimum atomic E-state index is 0.661. The summed E-state index contributed by atoms with van der Waals surface area (Å²) in [7, 11) is 1.77. The summed E-state index contributed by atoms with van der Waals surface area (Å²) >= 11 is 0. The maximum atomic E-state index is 5.05. The van der Waals surface area contributed by atoms with Crippen molar-refractivity contribution < 1.29 is 4.74 Å². The third-order valence-corrected chi connectivity index (χ3v) is 4.18. The van der Waals surface area contributed by atoms with E-state index in [1.54, 1.807) is 7.11 Å². The highest BCUT2D eigenvalue weighted by atomic mass is 16.5. The molecule has 0 radical (unpaired) electrons. The van der Waals surface area contributed by atoms with Crippen LogP contribution in [0.3, 0.4) is 0 Å². The predicted octanol–water partition coefficient (Wildman–Crippen LogP) is 0.781. The fraction of sp³-hybridized carbons (Fsp3) is 1.00. The van der Waals surface area contributed by atoms with Gasteiger partial charge in [-0.25, -0.2) is 0 Å². The first-order valence-electron chi connectivity index (χ1n) is 7.49. The Labute approximate surface area is 112 Å². The molecule has 1 aliphatic heterocycles. The fourth-order valence-electron chi connectivity index (χ4n) is 2.76. The van der Waals surface area contributed by atoms with E-state index >= 15 is 0 Å². The lowest BCUT2D eigenvalue weighted by molar-refractivity contribution is 0.0966. The van der Waals surface area contributed by atoms with Crippen molar-refractivity contribution in [3.63, 3.8) is 0 Å². The van der Waals surface area contributed by atoms with Crippen molar-refractivity contribution in [1.82, 2.24) is 15.1 Å². The number of nitrogens with one attached hydrogen (secondary N) is 1. The van der Waals surface area contributed by atoms with Crippen molar-refractivity contribution in [3.8, 4) is 0 Å².